The second-order valence-corrected chi connectivity index (χ2v) is 6.40. The summed E-state index contributed by atoms with van der Waals surface area (Å²) in [5.41, 5.74) is 5.76. The molecule has 0 saturated heterocycles. The van der Waals surface area contributed by atoms with Crippen LogP contribution in [0.2, 0.25) is 5.28 Å². The number of allylic oxidation sites excluding steroid dienone is 1. The first-order valence-corrected chi connectivity index (χ1v) is 8.28. The lowest BCUT2D eigenvalue weighted by Gasteiger charge is -2.11. The Bertz CT molecular complexity index is 851. The lowest BCUT2D eigenvalue weighted by atomic mass is 9.97. The van der Waals surface area contributed by atoms with E-state index in [-0.39, 0.29) is 0 Å². The van der Waals surface area contributed by atoms with Crippen molar-refractivity contribution in [2.75, 3.05) is 0 Å². The van der Waals surface area contributed by atoms with Gasteiger partial charge in [-0.05, 0) is 53.4 Å². The van der Waals surface area contributed by atoms with Crippen molar-refractivity contribution in [2.24, 2.45) is 0 Å². The van der Waals surface area contributed by atoms with Gasteiger partial charge in [-0.1, -0.05) is 30.3 Å². The van der Waals surface area contributed by atoms with Crippen molar-refractivity contribution in [1.29, 1.82) is 0 Å². The van der Waals surface area contributed by atoms with Gasteiger partial charge in [0.2, 0.25) is 5.28 Å². The van der Waals surface area contributed by atoms with Crippen LogP contribution in [0.15, 0.2) is 41.8 Å². The van der Waals surface area contributed by atoms with Crippen LogP contribution in [0.4, 0.5) is 0 Å². The molecule has 0 N–H and O–H groups in total. The molecule has 0 bridgehead atoms. The van der Waals surface area contributed by atoms with Crippen molar-refractivity contribution in [3.8, 4) is 0 Å². The van der Waals surface area contributed by atoms with Crippen LogP contribution in [0, 0.1) is 0 Å². The molecule has 3 aromatic rings. The van der Waals surface area contributed by atoms with Gasteiger partial charge in [0, 0.05) is 5.57 Å². The number of rotatable bonds is 1. The largest absolute Gasteiger partial charge is 0.223 e. The minimum Gasteiger partial charge on any atom is -0.217 e. The molecule has 2 aromatic heterocycles. The van der Waals surface area contributed by atoms with Crippen LogP contribution in [0.3, 0.4) is 0 Å². The molecule has 2 heterocycles. The Labute approximate surface area is 132 Å². The van der Waals surface area contributed by atoms with Crippen molar-refractivity contribution in [3.63, 3.8) is 0 Å². The predicted molar refractivity (Wildman–Crippen MR) is 88.9 cm³/mol. The number of fused-ring (bicyclic) bond motifs is 2. The predicted octanol–water partition coefficient (Wildman–Crippen LogP) is 5.11. The monoisotopic (exact) mass is 312 g/mol. The maximum absolute atomic E-state index is 6.12. The Kier molecular flexibility index (Phi) is 3.24. The zero-order chi connectivity index (χ0) is 14.2. The first kappa shape index (κ1) is 13.0. The van der Waals surface area contributed by atoms with E-state index in [0.717, 1.165) is 28.8 Å². The topological polar surface area (TPSA) is 25.8 Å². The highest BCUT2D eigenvalue weighted by molar-refractivity contribution is 7.17. The normalized spacial score (nSPS) is 14.6. The van der Waals surface area contributed by atoms with Crippen LogP contribution < -0.4 is 0 Å². The number of benzene rings is 1. The van der Waals surface area contributed by atoms with E-state index in [4.69, 9.17) is 11.6 Å². The molecule has 1 aliphatic carbocycles. The van der Waals surface area contributed by atoms with Gasteiger partial charge >= 0.3 is 0 Å². The molecule has 4 rings (SSSR count). The minimum absolute atomic E-state index is 0.318. The number of nitrogens with zero attached hydrogens (tertiary/aromatic N) is 2. The van der Waals surface area contributed by atoms with Crippen LogP contribution in [0.25, 0.3) is 15.8 Å². The van der Waals surface area contributed by atoms with Crippen LogP contribution >= 0.6 is 22.9 Å². The summed E-state index contributed by atoms with van der Waals surface area (Å²) in [6.45, 7) is 0. The fourth-order valence-corrected chi connectivity index (χ4v) is 3.90. The lowest BCUT2D eigenvalue weighted by Crippen LogP contribution is -1.97. The molecule has 0 saturated carbocycles. The van der Waals surface area contributed by atoms with Gasteiger partial charge in [0.1, 0.15) is 0 Å². The Hall–Kier alpha value is -1.71. The average Bonchev–Trinajstić information content (AvgIpc) is 2.85. The van der Waals surface area contributed by atoms with Gasteiger partial charge in [0.25, 0.3) is 0 Å². The average molecular weight is 313 g/mol. The van der Waals surface area contributed by atoms with Gasteiger partial charge in [0.15, 0.2) is 0 Å². The summed E-state index contributed by atoms with van der Waals surface area (Å²) in [7, 11) is 0. The van der Waals surface area contributed by atoms with Crippen LogP contribution in [0.5, 0.6) is 0 Å². The van der Waals surface area contributed by atoms with Gasteiger partial charge in [-0.2, -0.15) is 0 Å². The molecule has 0 spiro atoms. The Morgan fingerprint density at radius 3 is 2.95 bits per heavy atom. The van der Waals surface area contributed by atoms with E-state index in [2.05, 4.69) is 40.3 Å². The molecule has 2 nitrogen and oxygen atoms in total. The third-order valence-corrected chi connectivity index (χ3v) is 4.92. The molecule has 104 valence electrons. The quantitative estimate of drug-likeness (QED) is 0.583. The van der Waals surface area contributed by atoms with E-state index >= 15 is 0 Å². The van der Waals surface area contributed by atoms with E-state index in [0.29, 0.717) is 5.28 Å². The maximum Gasteiger partial charge on any atom is 0.223 e. The third kappa shape index (κ3) is 2.27. The number of thiophene rings is 1. The second-order valence-electron chi connectivity index (χ2n) is 5.14. The number of hydrogen-bond acceptors (Lipinski definition) is 3. The molecular formula is C17H13ClN2S. The number of hydrogen-bond donors (Lipinski definition) is 0. The fraction of sp³-hybridized carbons (Fsp3) is 0.176. The molecule has 21 heavy (non-hydrogen) atoms. The SMILES string of the molecule is Clc1nc(C2=CCCCc3ccccc32)c2sccc2n1. The number of halogens is 1. The number of aryl methyl sites for hydroxylation is 1. The second kappa shape index (κ2) is 5.24. The molecule has 4 heteroatoms. The van der Waals surface area contributed by atoms with Gasteiger partial charge in [-0.15, -0.1) is 11.3 Å². The fourth-order valence-electron chi connectivity index (χ4n) is 2.89. The highest BCUT2D eigenvalue weighted by Crippen LogP contribution is 2.35. The summed E-state index contributed by atoms with van der Waals surface area (Å²) in [6, 6.07) is 10.6. The smallest absolute Gasteiger partial charge is 0.217 e. The first-order chi connectivity index (χ1) is 10.3. The van der Waals surface area contributed by atoms with Crippen molar-refractivity contribution < 1.29 is 0 Å². The van der Waals surface area contributed by atoms with Crippen LogP contribution in [0.1, 0.15) is 29.7 Å². The van der Waals surface area contributed by atoms with Crippen molar-refractivity contribution in [3.05, 3.63) is 63.9 Å². The van der Waals surface area contributed by atoms with Crippen molar-refractivity contribution in [2.45, 2.75) is 19.3 Å². The molecule has 0 fully saturated rings. The maximum atomic E-state index is 6.12. The van der Waals surface area contributed by atoms with E-state index < -0.39 is 0 Å². The van der Waals surface area contributed by atoms with Crippen molar-refractivity contribution in [1.82, 2.24) is 9.97 Å². The molecule has 0 radical (unpaired) electrons. The summed E-state index contributed by atoms with van der Waals surface area (Å²) in [5.74, 6) is 0. The molecule has 0 unspecified atom stereocenters. The van der Waals surface area contributed by atoms with Crippen LogP contribution in [-0.4, -0.2) is 9.97 Å². The molecule has 0 aliphatic heterocycles. The standard InChI is InChI=1S/C17H13ClN2S/c18-17-19-14-9-10-21-16(14)15(20-17)13-8-4-2-6-11-5-1-3-7-12(11)13/h1,3,5,7-10H,2,4,6H2. The number of aromatic nitrogens is 2. The molecule has 0 atom stereocenters. The zero-order valence-corrected chi connectivity index (χ0v) is 12.9. The van der Waals surface area contributed by atoms with Gasteiger partial charge in [-0.3, -0.25) is 0 Å². The summed E-state index contributed by atoms with van der Waals surface area (Å²) >= 11 is 7.80. The first-order valence-electron chi connectivity index (χ1n) is 7.02. The molecule has 1 aliphatic rings. The highest BCUT2D eigenvalue weighted by Gasteiger charge is 2.18. The Balaban J connectivity index is 2.00. The lowest BCUT2D eigenvalue weighted by molar-refractivity contribution is 0.851. The third-order valence-electron chi connectivity index (χ3n) is 3.84. The highest BCUT2D eigenvalue weighted by atomic mass is 35.5. The van der Waals surface area contributed by atoms with Crippen molar-refractivity contribution >= 4 is 38.7 Å². The van der Waals surface area contributed by atoms with E-state index in [9.17, 15) is 0 Å². The summed E-state index contributed by atoms with van der Waals surface area (Å²) in [5, 5.41) is 2.36. The Morgan fingerprint density at radius 1 is 1.10 bits per heavy atom. The van der Waals surface area contributed by atoms with Crippen LogP contribution in [-0.2, 0) is 6.42 Å². The molecule has 0 amide bonds. The summed E-state index contributed by atoms with van der Waals surface area (Å²) in [6.07, 6.45) is 5.65. The van der Waals surface area contributed by atoms with E-state index in [1.165, 1.54) is 23.1 Å². The van der Waals surface area contributed by atoms with Gasteiger partial charge in [0.05, 0.1) is 15.9 Å². The summed E-state index contributed by atoms with van der Waals surface area (Å²) < 4.78 is 1.11. The van der Waals surface area contributed by atoms with E-state index in [1.54, 1.807) is 11.3 Å². The summed E-state index contributed by atoms with van der Waals surface area (Å²) in [4.78, 5) is 8.84. The molecule has 1 aromatic carbocycles. The zero-order valence-electron chi connectivity index (χ0n) is 11.3. The van der Waals surface area contributed by atoms with Gasteiger partial charge in [-0.25, -0.2) is 9.97 Å². The minimum atomic E-state index is 0.318. The molecular weight excluding hydrogens is 300 g/mol. The van der Waals surface area contributed by atoms with Gasteiger partial charge < -0.3 is 0 Å². The van der Waals surface area contributed by atoms with E-state index in [1.807, 2.05) is 11.4 Å². The Morgan fingerprint density at radius 2 is 2.00 bits per heavy atom.